The number of nitrogens with zero attached hydrogens (tertiary/aromatic N) is 1. The van der Waals surface area contributed by atoms with Gasteiger partial charge in [0.2, 0.25) is 0 Å². The third-order valence-electron chi connectivity index (χ3n) is 2.99. The zero-order valence-corrected chi connectivity index (χ0v) is 13.3. The maximum Gasteiger partial charge on any atom is 0.268 e. The first-order valence-electron chi connectivity index (χ1n) is 5.77. The predicted molar refractivity (Wildman–Crippen MR) is 83.7 cm³/mol. The van der Waals surface area contributed by atoms with E-state index in [-0.39, 0.29) is 4.90 Å². The van der Waals surface area contributed by atoms with E-state index in [4.69, 9.17) is 11.6 Å². The first-order valence-corrected chi connectivity index (χ1v) is 8.38. The second kappa shape index (κ2) is 4.91. The fraction of sp³-hybridized carbons (Fsp3) is 0. The molecule has 102 valence electrons. The molecule has 0 N–H and O–H groups in total. The Morgan fingerprint density at radius 2 is 1.75 bits per heavy atom. The van der Waals surface area contributed by atoms with Gasteiger partial charge in [0.25, 0.3) is 10.0 Å². The minimum Gasteiger partial charge on any atom is -0.241 e. The van der Waals surface area contributed by atoms with E-state index >= 15 is 0 Å². The Bertz CT molecular complexity index is 888. The van der Waals surface area contributed by atoms with Crippen molar-refractivity contribution >= 4 is 48.5 Å². The summed E-state index contributed by atoms with van der Waals surface area (Å²) < 4.78 is 27.3. The zero-order chi connectivity index (χ0) is 14.3. The average Bonchev–Trinajstić information content (AvgIpc) is 2.84. The molecule has 0 atom stereocenters. The number of aromatic nitrogens is 1. The lowest BCUT2D eigenvalue weighted by molar-refractivity contribution is 0.589. The van der Waals surface area contributed by atoms with Gasteiger partial charge in [0.05, 0.1) is 10.4 Å². The molecule has 0 aliphatic heterocycles. The molecule has 0 amide bonds. The van der Waals surface area contributed by atoms with Gasteiger partial charge in [0, 0.05) is 21.1 Å². The van der Waals surface area contributed by atoms with Gasteiger partial charge < -0.3 is 0 Å². The highest BCUT2D eigenvalue weighted by molar-refractivity contribution is 9.10. The van der Waals surface area contributed by atoms with Crippen LogP contribution in [-0.2, 0) is 10.0 Å². The lowest BCUT2D eigenvalue weighted by atomic mass is 10.2. The molecule has 3 nitrogen and oxygen atoms in total. The van der Waals surface area contributed by atoms with Crippen molar-refractivity contribution in [1.82, 2.24) is 3.97 Å². The van der Waals surface area contributed by atoms with Crippen molar-refractivity contribution in [2.45, 2.75) is 4.90 Å². The molecular weight excluding hydrogens is 362 g/mol. The summed E-state index contributed by atoms with van der Waals surface area (Å²) in [6.07, 6.45) is 1.54. The molecule has 0 fully saturated rings. The Balaban J connectivity index is 2.31. The molecule has 3 aromatic rings. The summed E-state index contributed by atoms with van der Waals surface area (Å²) in [5.41, 5.74) is 0.549. The van der Waals surface area contributed by atoms with Crippen LogP contribution in [0, 0.1) is 0 Å². The molecule has 0 aliphatic rings. The Labute approximate surface area is 130 Å². The summed E-state index contributed by atoms with van der Waals surface area (Å²) in [7, 11) is -3.62. The fourth-order valence-corrected chi connectivity index (χ4v) is 4.34. The SMILES string of the molecule is O=S(=O)(c1ccccc1)n1ccc2c(Br)cc(Cl)cc21. The molecular formula is C14H9BrClNO2S. The third-order valence-corrected chi connectivity index (χ3v) is 5.57. The predicted octanol–water partition coefficient (Wildman–Crippen LogP) is 4.29. The van der Waals surface area contributed by atoms with Crippen molar-refractivity contribution in [1.29, 1.82) is 0 Å². The minimum atomic E-state index is -3.62. The largest absolute Gasteiger partial charge is 0.268 e. The van der Waals surface area contributed by atoms with Gasteiger partial charge in [-0.2, -0.15) is 0 Å². The first kappa shape index (κ1) is 13.7. The maximum absolute atomic E-state index is 12.6. The van der Waals surface area contributed by atoms with Gasteiger partial charge in [-0.3, -0.25) is 0 Å². The van der Waals surface area contributed by atoms with Gasteiger partial charge in [-0.05, 0) is 30.3 Å². The normalized spacial score (nSPS) is 11.9. The molecule has 0 aliphatic carbocycles. The average molecular weight is 371 g/mol. The van der Waals surface area contributed by atoms with Gasteiger partial charge in [-0.15, -0.1) is 0 Å². The summed E-state index contributed by atoms with van der Waals surface area (Å²) in [6, 6.07) is 13.4. The van der Waals surface area contributed by atoms with E-state index in [1.54, 1.807) is 48.5 Å². The minimum absolute atomic E-state index is 0.244. The lowest BCUT2D eigenvalue weighted by Crippen LogP contribution is -2.11. The molecule has 6 heteroatoms. The van der Waals surface area contributed by atoms with E-state index in [1.807, 2.05) is 0 Å². The van der Waals surface area contributed by atoms with E-state index in [9.17, 15) is 8.42 Å². The smallest absolute Gasteiger partial charge is 0.241 e. The summed E-state index contributed by atoms with van der Waals surface area (Å²) >= 11 is 9.40. The highest BCUT2D eigenvalue weighted by atomic mass is 79.9. The van der Waals surface area contributed by atoms with Gasteiger partial charge in [-0.1, -0.05) is 45.7 Å². The second-order valence-electron chi connectivity index (χ2n) is 4.25. The van der Waals surface area contributed by atoms with E-state index in [1.165, 1.54) is 10.2 Å². The van der Waals surface area contributed by atoms with Gasteiger partial charge in [0.15, 0.2) is 0 Å². The zero-order valence-electron chi connectivity index (χ0n) is 10.1. The highest BCUT2D eigenvalue weighted by Gasteiger charge is 2.19. The Kier molecular flexibility index (Phi) is 3.36. The Morgan fingerprint density at radius 1 is 1.05 bits per heavy atom. The van der Waals surface area contributed by atoms with Crippen LogP contribution in [0.25, 0.3) is 10.9 Å². The fourth-order valence-electron chi connectivity index (χ4n) is 2.06. The third kappa shape index (κ3) is 2.16. The Hall–Kier alpha value is -1.30. The van der Waals surface area contributed by atoms with Gasteiger partial charge in [-0.25, -0.2) is 12.4 Å². The molecule has 0 saturated heterocycles. The number of hydrogen-bond donors (Lipinski definition) is 0. The summed E-state index contributed by atoms with van der Waals surface area (Å²) in [6.45, 7) is 0. The van der Waals surface area contributed by atoms with Crippen molar-refractivity contribution in [2.24, 2.45) is 0 Å². The van der Waals surface area contributed by atoms with E-state index in [0.717, 1.165) is 9.86 Å². The molecule has 20 heavy (non-hydrogen) atoms. The standard InChI is InChI=1S/C14H9BrClNO2S/c15-13-8-10(16)9-14-12(13)6-7-17(14)20(18,19)11-4-2-1-3-5-11/h1-9H. The van der Waals surface area contributed by atoms with Crippen LogP contribution in [0.1, 0.15) is 0 Å². The van der Waals surface area contributed by atoms with Crippen LogP contribution < -0.4 is 0 Å². The maximum atomic E-state index is 12.6. The van der Waals surface area contributed by atoms with Crippen LogP contribution in [0.15, 0.2) is 64.1 Å². The van der Waals surface area contributed by atoms with Crippen LogP contribution in [0.4, 0.5) is 0 Å². The summed E-state index contributed by atoms with van der Waals surface area (Å²) in [5.74, 6) is 0. The van der Waals surface area contributed by atoms with Gasteiger partial charge >= 0.3 is 0 Å². The van der Waals surface area contributed by atoms with Crippen molar-refractivity contribution in [2.75, 3.05) is 0 Å². The van der Waals surface area contributed by atoms with Crippen molar-refractivity contribution in [3.63, 3.8) is 0 Å². The van der Waals surface area contributed by atoms with E-state index < -0.39 is 10.0 Å². The Morgan fingerprint density at radius 3 is 2.45 bits per heavy atom. The number of fused-ring (bicyclic) bond motifs is 1. The van der Waals surface area contributed by atoms with Crippen LogP contribution >= 0.6 is 27.5 Å². The molecule has 0 saturated carbocycles. The first-order chi connectivity index (χ1) is 9.50. The molecule has 0 unspecified atom stereocenters. The summed E-state index contributed by atoms with van der Waals surface area (Å²) in [5, 5.41) is 1.28. The van der Waals surface area contributed by atoms with Crippen LogP contribution in [0.3, 0.4) is 0 Å². The summed E-state index contributed by atoms with van der Waals surface area (Å²) in [4.78, 5) is 0.244. The van der Waals surface area contributed by atoms with Crippen molar-refractivity contribution in [3.05, 3.63) is 64.2 Å². The second-order valence-corrected chi connectivity index (χ2v) is 7.36. The number of rotatable bonds is 2. The van der Waals surface area contributed by atoms with Crippen LogP contribution in [0.2, 0.25) is 5.02 Å². The number of benzene rings is 2. The van der Waals surface area contributed by atoms with E-state index in [2.05, 4.69) is 15.9 Å². The molecule has 2 aromatic carbocycles. The number of hydrogen-bond acceptors (Lipinski definition) is 2. The molecule has 3 rings (SSSR count). The monoisotopic (exact) mass is 369 g/mol. The van der Waals surface area contributed by atoms with Crippen molar-refractivity contribution in [3.8, 4) is 0 Å². The van der Waals surface area contributed by atoms with Crippen LogP contribution in [-0.4, -0.2) is 12.4 Å². The highest BCUT2D eigenvalue weighted by Crippen LogP contribution is 2.31. The lowest BCUT2D eigenvalue weighted by Gasteiger charge is -2.08. The topological polar surface area (TPSA) is 39.1 Å². The molecule has 0 spiro atoms. The molecule has 0 radical (unpaired) electrons. The number of halogens is 2. The van der Waals surface area contributed by atoms with Crippen LogP contribution in [0.5, 0.6) is 0 Å². The molecule has 1 heterocycles. The van der Waals surface area contributed by atoms with Crippen molar-refractivity contribution < 1.29 is 8.42 Å². The molecule has 1 aromatic heterocycles. The van der Waals surface area contributed by atoms with E-state index in [0.29, 0.717) is 10.5 Å². The van der Waals surface area contributed by atoms with Gasteiger partial charge in [0.1, 0.15) is 0 Å². The molecule has 0 bridgehead atoms. The quantitative estimate of drug-likeness (QED) is 0.675.